The summed E-state index contributed by atoms with van der Waals surface area (Å²) < 4.78 is 0. The molecule has 7 nitrogen and oxygen atoms in total. The fraction of sp³-hybridized carbons (Fsp3) is 0.421. The zero-order valence-corrected chi connectivity index (χ0v) is 14.6. The Morgan fingerprint density at radius 3 is 2.58 bits per heavy atom. The molecule has 2 N–H and O–H groups in total. The minimum absolute atomic E-state index is 0.0909. The van der Waals surface area contributed by atoms with E-state index in [-0.39, 0.29) is 41.1 Å². The van der Waals surface area contributed by atoms with Crippen molar-refractivity contribution in [1.29, 1.82) is 0 Å². The van der Waals surface area contributed by atoms with Gasteiger partial charge < -0.3 is 19.8 Å². The highest BCUT2D eigenvalue weighted by atomic mass is 16.2. The summed E-state index contributed by atoms with van der Waals surface area (Å²) in [5.41, 5.74) is 1.11. The Kier molecular flexibility index (Phi) is 4.14. The number of nitrogens with one attached hydrogen (secondary N) is 2. The second-order valence-corrected chi connectivity index (χ2v) is 7.12. The van der Waals surface area contributed by atoms with E-state index >= 15 is 0 Å². The number of amides is 2. The zero-order valence-electron chi connectivity index (χ0n) is 14.6. The van der Waals surface area contributed by atoms with E-state index in [0.29, 0.717) is 19.6 Å². The molecule has 2 fully saturated rings. The van der Waals surface area contributed by atoms with Gasteiger partial charge in [0.05, 0.1) is 0 Å². The molecule has 2 saturated heterocycles. The third-order valence-corrected chi connectivity index (χ3v) is 5.68. The molecular weight excluding hydrogens is 332 g/mol. The van der Waals surface area contributed by atoms with Crippen molar-refractivity contribution in [2.75, 3.05) is 19.6 Å². The van der Waals surface area contributed by atoms with E-state index in [0.717, 1.165) is 6.42 Å². The van der Waals surface area contributed by atoms with Gasteiger partial charge in [0.1, 0.15) is 5.69 Å². The van der Waals surface area contributed by atoms with Gasteiger partial charge in [0, 0.05) is 50.6 Å². The Labute approximate surface area is 151 Å². The number of nitrogens with zero attached hydrogens (tertiary/aromatic N) is 2. The Morgan fingerprint density at radius 2 is 1.92 bits per heavy atom. The number of benzene rings is 1. The monoisotopic (exact) mass is 354 g/mol. The van der Waals surface area contributed by atoms with Gasteiger partial charge in [0.15, 0.2) is 0 Å². The van der Waals surface area contributed by atoms with Gasteiger partial charge in [-0.15, -0.1) is 0 Å². The molecule has 2 aliphatic rings. The van der Waals surface area contributed by atoms with E-state index in [9.17, 15) is 14.4 Å². The highest BCUT2D eigenvalue weighted by Crippen LogP contribution is 2.41. The normalized spacial score (nSPS) is 25.2. The molecule has 2 amide bonds. The lowest BCUT2D eigenvalue weighted by Gasteiger charge is -2.38. The first-order valence-electron chi connectivity index (χ1n) is 8.93. The van der Waals surface area contributed by atoms with Crippen LogP contribution < -0.4 is 5.69 Å². The maximum atomic E-state index is 12.7. The number of hydrogen-bond donors (Lipinski definition) is 2. The van der Waals surface area contributed by atoms with Gasteiger partial charge in [0.2, 0.25) is 5.91 Å². The van der Waals surface area contributed by atoms with Gasteiger partial charge in [-0.3, -0.25) is 9.59 Å². The first-order chi connectivity index (χ1) is 12.5. The Bertz CT molecular complexity index is 872. The summed E-state index contributed by atoms with van der Waals surface area (Å²) in [5.74, 6) is 0.332. The summed E-state index contributed by atoms with van der Waals surface area (Å²) in [6.07, 6.45) is 2.18. The number of carbonyl (C=O) groups is 2. The number of aromatic nitrogens is 2. The van der Waals surface area contributed by atoms with Crippen molar-refractivity contribution >= 4 is 11.8 Å². The van der Waals surface area contributed by atoms with E-state index in [1.54, 1.807) is 11.8 Å². The van der Waals surface area contributed by atoms with Crippen LogP contribution in [0.2, 0.25) is 0 Å². The minimum atomic E-state index is -0.381. The van der Waals surface area contributed by atoms with Crippen molar-refractivity contribution in [2.45, 2.75) is 25.3 Å². The molecule has 3 heterocycles. The third kappa shape index (κ3) is 2.83. The van der Waals surface area contributed by atoms with E-state index < -0.39 is 0 Å². The first kappa shape index (κ1) is 16.6. The summed E-state index contributed by atoms with van der Waals surface area (Å²) in [6, 6.07) is 10.4. The zero-order chi connectivity index (χ0) is 18.3. The fourth-order valence-corrected chi connectivity index (χ4v) is 4.45. The van der Waals surface area contributed by atoms with Crippen LogP contribution in [-0.4, -0.2) is 57.3 Å². The lowest BCUT2D eigenvalue weighted by atomic mass is 9.81. The van der Waals surface area contributed by atoms with E-state index in [2.05, 4.69) is 22.1 Å². The Morgan fingerprint density at radius 1 is 1.15 bits per heavy atom. The van der Waals surface area contributed by atoms with Gasteiger partial charge in [-0.2, -0.15) is 0 Å². The standard InChI is InChI=1S/C19H22N4O3/c1-12(24)23-11-14(13-5-3-2-4-6-13)15-10-22(8-7-17(15)23)18(25)16-9-20-19(26)21-16/h2-6,9,14-15,17H,7-8,10-11H2,1H3,(H2,20,21,26)/t14-,15-,17-/m1/s1. The molecule has 2 aromatic rings. The second kappa shape index (κ2) is 6.48. The number of imidazole rings is 1. The van der Waals surface area contributed by atoms with Crippen molar-refractivity contribution in [1.82, 2.24) is 19.8 Å². The minimum Gasteiger partial charge on any atom is -0.339 e. The van der Waals surface area contributed by atoms with Crippen LogP contribution in [0.25, 0.3) is 0 Å². The molecule has 1 aromatic heterocycles. The van der Waals surface area contributed by atoms with Crippen LogP contribution >= 0.6 is 0 Å². The summed E-state index contributed by atoms with van der Waals surface area (Å²) >= 11 is 0. The lowest BCUT2D eigenvalue weighted by molar-refractivity contribution is -0.130. The molecule has 26 heavy (non-hydrogen) atoms. The molecule has 136 valence electrons. The SMILES string of the molecule is CC(=O)N1C[C@H](c2ccccc2)[C@H]2CN(C(=O)c3c[nH]c(=O)[nH]3)CC[C@H]21. The third-order valence-electron chi connectivity index (χ3n) is 5.68. The van der Waals surface area contributed by atoms with Crippen molar-refractivity contribution in [3.8, 4) is 0 Å². The number of rotatable bonds is 2. The molecule has 0 bridgehead atoms. The molecular formula is C19H22N4O3. The smallest absolute Gasteiger partial charge is 0.323 e. The van der Waals surface area contributed by atoms with Crippen LogP contribution in [0.15, 0.2) is 41.3 Å². The molecule has 2 aliphatic heterocycles. The first-order valence-corrected chi connectivity index (χ1v) is 8.93. The van der Waals surface area contributed by atoms with E-state index in [1.807, 2.05) is 23.1 Å². The van der Waals surface area contributed by atoms with Gasteiger partial charge in [-0.1, -0.05) is 30.3 Å². The van der Waals surface area contributed by atoms with Crippen LogP contribution in [0.4, 0.5) is 0 Å². The highest BCUT2D eigenvalue weighted by Gasteiger charge is 2.47. The van der Waals surface area contributed by atoms with Crippen molar-refractivity contribution < 1.29 is 9.59 Å². The number of H-pyrrole nitrogens is 2. The predicted molar refractivity (Wildman–Crippen MR) is 95.8 cm³/mol. The molecule has 0 radical (unpaired) electrons. The summed E-state index contributed by atoms with van der Waals surface area (Å²) in [7, 11) is 0. The maximum absolute atomic E-state index is 12.7. The predicted octanol–water partition coefficient (Wildman–Crippen LogP) is 1.18. The van der Waals surface area contributed by atoms with Crippen LogP contribution in [0.3, 0.4) is 0 Å². The van der Waals surface area contributed by atoms with Crippen LogP contribution in [-0.2, 0) is 4.79 Å². The number of hydrogen-bond acceptors (Lipinski definition) is 3. The highest BCUT2D eigenvalue weighted by molar-refractivity contribution is 5.92. The molecule has 3 atom stereocenters. The number of likely N-dealkylation sites (tertiary alicyclic amines) is 2. The molecule has 1 aromatic carbocycles. The summed E-state index contributed by atoms with van der Waals surface area (Å²) in [5, 5.41) is 0. The number of carbonyl (C=O) groups excluding carboxylic acids is 2. The largest absolute Gasteiger partial charge is 0.339 e. The fourth-order valence-electron chi connectivity index (χ4n) is 4.45. The van der Waals surface area contributed by atoms with Gasteiger partial charge in [-0.25, -0.2) is 4.79 Å². The van der Waals surface area contributed by atoms with Gasteiger partial charge in [0.25, 0.3) is 5.91 Å². The van der Waals surface area contributed by atoms with Crippen LogP contribution in [0.1, 0.15) is 35.3 Å². The average molecular weight is 354 g/mol. The molecule has 4 rings (SSSR count). The second-order valence-electron chi connectivity index (χ2n) is 7.12. The van der Waals surface area contributed by atoms with Crippen molar-refractivity contribution in [2.24, 2.45) is 5.92 Å². The number of fused-ring (bicyclic) bond motifs is 1. The van der Waals surface area contributed by atoms with E-state index in [4.69, 9.17) is 0 Å². The molecule has 7 heteroatoms. The molecule has 0 spiro atoms. The maximum Gasteiger partial charge on any atom is 0.323 e. The summed E-state index contributed by atoms with van der Waals surface area (Å²) in [6.45, 7) is 3.47. The van der Waals surface area contributed by atoms with Gasteiger partial charge in [-0.05, 0) is 12.0 Å². The Balaban J connectivity index is 1.60. The van der Waals surface area contributed by atoms with Crippen LogP contribution in [0, 0.1) is 5.92 Å². The topological polar surface area (TPSA) is 89.3 Å². The van der Waals surface area contributed by atoms with Crippen LogP contribution in [0.5, 0.6) is 0 Å². The Hall–Kier alpha value is -2.83. The summed E-state index contributed by atoms with van der Waals surface area (Å²) in [4.78, 5) is 44.9. The van der Waals surface area contributed by atoms with Gasteiger partial charge >= 0.3 is 5.69 Å². The molecule has 0 aliphatic carbocycles. The lowest BCUT2D eigenvalue weighted by Crippen LogP contribution is -2.49. The van der Waals surface area contributed by atoms with E-state index in [1.165, 1.54) is 11.8 Å². The number of aromatic amines is 2. The quantitative estimate of drug-likeness (QED) is 0.849. The van der Waals surface area contributed by atoms with Crippen molar-refractivity contribution in [3.05, 3.63) is 58.3 Å². The number of piperidine rings is 1. The van der Waals surface area contributed by atoms with Crippen molar-refractivity contribution in [3.63, 3.8) is 0 Å². The molecule has 0 saturated carbocycles. The molecule has 0 unspecified atom stereocenters. The average Bonchev–Trinajstić information content (AvgIpc) is 3.25.